The maximum atomic E-state index is 5.63. The number of rotatable bonds is 4. The quantitative estimate of drug-likeness (QED) is 0.697. The van der Waals surface area contributed by atoms with Crippen LogP contribution in [0.15, 0.2) is 0 Å². The number of hydrogen-bond acceptors (Lipinski definition) is 1. The Balaban J connectivity index is 1.57. The van der Waals surface area contributed by atoms with Crippen molar-refractivity contribution in [2.45, 2.75) is 62.3 Å². The third kappa shape index (κ3) is 2.96. The summed E-state index contributed by atoms with van der Waals surface area (Å²) in [4.78, 5) is 0.812. The molecule has 1 aliphatic heterocycles. The monoisotopic (exact) mass is 260 g/mol. The van der Waals surface area contributed by atoms with Gasteiger partial charge < -0.3 is 4.74 Å². The summed E-state index contributed by atoms with van der Waals surface area (Å²) in [6.07, 6.45) is 11.6. The topological polar surface area (TPSA) is 9.23 Å². The molecule has 0 aromatic rings. The molecule has 2 aliphatic rings. The van der Waals surface area contributed by atoms with Gasteiger partial charge in [-0.1, -0.05) is 28.8 Å². The van der Waals surface area contributed by atoms with Crippen molar-refractivity contribution in [2.75, 3.05) is 6.61 Å². The summed E-state index contributed by atoms with van der Waals surface area (Å²) in [5.74, 6) is 0.955. The standard InChI is InChI=1S/C12H21BrO/c13-12-8-2-5-10(12)4-1-6-11-7-3-9-14-11/h10-12H,1-9H2. The Morgan fingerprint density at radius 2 is 2.00 bits per heavy atom. The van der Waals surface area contributed by atoms with E-state index in [1.165, 1.54) is 51.4 Å². The zero-order valence-electron chi connectivity index (χ0n) is 8.88. The van der Waals surface area contributed by atoms with Crippen LogP contribution in [0.4, 0.5) is 0 Å². The minimum absolute atomic E-state index is 0.602. The van der Waals surface area contributed by atoms with Crippen LogP contribution < -0.4 is 0 Å². The fourth-order valence-corrected chi connectivity index (χ4v) is 3.65. The third-order valence-corrected chi connectivity index (χ3v) is 4.90. The van der Waals surface area contributed by atoms with E-state index in [-0.39, 0.29) is 0 Å². The van der Waals surface area contributed by atoms with Gasteiger partial charge >= 0.3 is 0 Å². The first-order valence-corrected chi connectivity index (χ1v) is 7.03. The Kier molecular flexibility index (Phi) is 4.30. The SMILES string of the molecule is BrC1CCCC1CCCC1CCCO1. The molecule has 0 N–H and O–H groups in total. The highest BCUT2D eigenvalue weighted by molar-refractivity contribution is 9.09. The van der Waals surface area contributed by atoms with Crippen LogP contribution in [-0.2, 0) is 4.74 Å². The molecule has 0 aromatic heterocycles. The van der Waals surface area contributed by atoms with Gasteiger partial charge in [-0.2, -0.15) is 0 Å². The summed E-state index contributed by atoms with van der Waals surface area (Å²) in [5.41, 5.74) is 0. The Morgan fingerprint density at radius 3 is 2.64 bits per heavy atom. The van der Waals surface area contributed by atoms with Crippen molar-refractivity contribution in [1.29, 1.82) is 0 Å². The van der Waals surface area contributed by atoms with Crippen molar-refractivity contribution in [3.05, 3.63) is 0 Å². The van der Waals surface area contributed by atoms with Gasteiger partial charge in [-0.3, -0.25) is 0 Å². The van der Waals surface area contributed by atoms with Crippen molar-refractivity contribution in [1.82, 2.24) is 0 Å². The van der Waals surface area contributed by atoms with Crippen LogP contribution in [0.5, 0.6) is 0 Å². The molecule has 0 spiro atoms. The number of hydrogen-bond donors (Lipinski definition) is 0. The van der Waals surface area contributed by atoms with Gasteiger partial charge in [0.1, 0.15) is 0 Å². The van der Waals surface area contributed by atoms with E-state index in [4.69, 9.17) is 4.74 Å². The van der Waals surface area contributed by atoms with E-state index in [2.05, 4.69) is 15.9 Å². The molecule has 1 saturated carbocycles. The second-order valence-corrected chi connectivity index (χ2v) is 5.95. The normalized spacial score (nSPS) is 37.9. The molecular formula is C12H21BrO. The van der Waals surface area contributed by atoms with Crippen LogP contribution >= 0.6 is 15.9 Å². The van der Waals surface area contributed by atoms with Crippen molar-refractivity contribution in [3.8, 4) is 0 Å². The zero-order valence-corrected chi connectivity index (χ0v) is 10.5. The van der Waals surface area contributed by atoms with Gasteiger partial charge in [0.25, 0.3) is 0 Å². The first-order chi connectivity index (χ1) is 6.86. The average molecular weight is 261 g/mol. The van der Waals surface area contributed by atoms with E-state index >= 15 is 0 Å². The van der Waals surface area contributed by atoms with Gasteiger partial charge in [-0.25, -0.2) is 0 Å². The predicted molar refractivity (Wildman–Crippen MR) is 62.9 cm³/mol. The van der Waals surface area contributed by atoms with Gasteiger partial charge in [0.05, 0.1) is 6.10 Å². The number of halogens is 1. The molecule has 0 radical (unpaired) electrons. The smallest absolute Gasteiger partial charge is 0.0576 e. The molecule has 0 aromatic carbocycles. The van der Waals surface area contributed by atoms with E-state index in [0.29, 0.717) is 6.10 Å². The summed E-state index contributed by atoms with van der Waals surface area (Å²) >= 11 is 3.79. The maximum Gasteiger partial charge on any atom is 0.0576 e. The summed E-state index contributed by atoms with van der Waals surface area (Å²) in [7, 11) is 0. The van der Waals surface area contributed by atoms with E-state index in [1.807, 2.05) is 0 Å². The molecule has 1 nitrogen and oxygen atoms in total. The molecule has 0 bridgehead atoms. The van der Waals surface area contributed by atoms with Crippen LogP contribution in [0.3, 0.4) is 0 Å². The van der Waals surface area contributed by atoms with Gasteiger partial charge in [-0.05, 0) is 44.4 Å². The molecule has 1 heterocycles. The van der Waals surface area contributed by atoms with Crippen LogP contribution in [0, 0.1) is 5.92 Å². The lowest BCUT2D eigenvalue weighted by Crippen LogP contribution is -2.09. The first kappa shape index (κ1) is 10.9. The van der Waals surface area contributed by atoms with Crippen molar-refractivity contribution < 1.29 is 4.74 Å². The molecule has 82 valence electrons. The minimum Gasteiger partial charge on any atom is -0.378 e. The molecule has 3 unspecified atom stereocenters. The van der Waals surface area contributed by atoms with Gasteiger partial charge in [-0.15, -0.1) is 0 Å². The molecular weight excluding hydrogens is 240 g/mol. The van der Waals surface area contributed by atoms with Crippen molar-refractivity contribution >= 4 is 15.9 Å². The molecule has 3 atom stereocenters. The minimum atomic E-state index is 0.602. The number of alkyl halides is 1. The molecule has 1 saturated heterocycles. The van der Waals surface area contributed by atoms with Crippen LogP contribution in [-0.4, -0.2) is 17.5 Å². The molecule has 2 rings (SSSR count). The van der Waals surface area contributed by atoms with Gasteiger partial charge in [0.2, 0.25) is 0 Å². The van der Waals surface area contributed by atoms with E-state index in [9.17, 15) is 0 Å². The van der Waals surface area contributed by atoms with Gasteiger partial charge in [0.15, 0.2) is 0 Å². The Labute approximate surface area is 95.7 Å². The highest BCUT2D eigenvalue weighted by Gasteiger charge is 2.24. The predicted octanol–water partition coefficient (Wildman–Crippen LogP) is 3.90. The molecule has 0 amide bonds. The molecule has 1 aliphatic carbocycles. The lowest BCUT2D eigenvalue weighted by molar-refractivity contribution is 0.101. The van der Waals surface area contributed by atoms with E-state index in [1.54, 1.807) is 0 Å². The summed E-state index contributed by atoms with van der Waals surface area (Å²) in [6, 6.07) is 0. The third-order valence-electron chi connectivity index (χ3n) is 3.69. The Bertz CT molecular complexity index is 166. The largest absolute Gasteiger partial charge is 0.378 e. The van der Waals surface area contributed by atoms with Gasteiger partial charge in [0, 0.05) is 11.4 Å². The van der Waals surface area contributed by atoms with Crippen molar-refractivity contribution in [3.63, 3.8) is 0 Å². The lowest BCUT2D eigenvalue weighted by Gasteiger charge is -2.15. The summed E-state index contributed by atoms with van der Waals surface area (Å²) < 4.78 is 5.63. The fourth-order valence-electron chi connectivity index (χ4n) is 2.80. The molecule has 2 heteroatoms. The summed E-state index contributed by atoms with van der Waals surface area (Å²) in [5, 5.41) is 0. The Morgan fingerprint density at radius 1 is 1.07 bits per heavy atom. The highest BCUT2D eigenvalue weighted by Crippen LogP contribution is 2.35. The van der Waals surface area contributed by atoms with Crippen LogP contribution in [0.1, 0.15) is 51.4 Å². The Hall–Kier alpha value is 0.440. The molecule has 14 heavy (non-hydrogen) atoms. The first-order valence-electron chi connectivity index (χ1n) is 6.12. The summed E-state index contributed by atoms with van der Waals surface area (Å²) in [6.45, 7) is 1.01. The van der Waals surface area contributed by atoms with Crippen molar-refractivity contribution in [2.24, 2.45) is 5.92 Å². The second-order valence-electron chi connectivity index (χ2n) is 4.77. The van der Waals surface area contributed by atoms with Crippen LogP contribution in [0.25, 0.3) is 0 Å². The van der Waals surface area contributed by atoms with Crippen LogP contribution in [0.2, 0.25) is 0 Å². The highest BCUT2D eigenvalue weighted by atomic mass is 79.9. The van der Waals surface area contributed by atoms with E-state index < -0.39 is 0 Å². The second kappa shape index (κ2) is 5.50. The number of ether oxygens (including phenoxy) is 1. The molecule has 2 fully saturated rings. The maximum absolute atomic E-state index is 5.63. The average Bonchev–Trinajstić information content (AvgIpc) is 2.78. The zero-order chi connectivity index (χ0) is 9.80. The fraction of sp³-hybridized carbons (Fsp3) is 1.00. The lowest BCUT2D eigenvalue weighted by atomic mass is 9.98. The van der Waals surface area contributed by atoms with E-state index in [0.717, 1.165) is 17.4 Å².